The van der Waals surface area contributed by atoms with E-state index in [-0.39, 0.29) is 11.7 Å². The molecule has 0 saturated carbocycles. The van der Waals surface area contributed by atoms with Crippen molar-refractivity contribution in [3.8, 4) is 0 Å². The minimum absolute atomic E-state index is 0.119. The van der Waals surface area contributed by atoms with Gasteiger partial charge >= 0.3 is 0 Å². The molecule has 0 aliphatic carbocycles. The largest absolute Gasteiger partial charge is 0.449 e. The van der Waals surface area contributed by atoms with Gasteiger partial charge in [0.2, 0.25) is 0 Å². The van der Waals surface area contributed by atoms with Crippen molar-refractivity contribution >= 4 is 22.7 Å². The van der Waals surface area contributed by atoms with Gasteiger partial charge in [0.15, 0.2) is 11.3 Å². The summed E-state index contributed by atoms with van der Waals surface area (Å²) in [7, 11) is 0. The maximum atomic E-state index is 13.0. The normalized spacial score (nSPS) is 15.0. The average molecular weight is 325 g/mol. The van der Waals surface area contributed by atoms with Crippen molar-refractivity contribution in [2.24, 2.45) is 0 Å². The van der Waals surface area contributed by atoms with Crippen LogP contribution in [-0.4, -0.2) is 42.0 Å². The van der Waals surface area contributed by atoms with Gasteiger partial charge in [-0.1, -0.05) is 0 Å². The third-order valence-electron chi connectivity index (χ3n) is 4.26. The molecule has 1 saturated heterocycles. The molecule has 0 bridgehead atoms. The lowest BCUT2D eigenvalue weighted by Crippen LogP contribution is -2.48. The lowest BCUT2D eigenvalue weighted by molar-refractivity contribution is 0.0717. The zero-order valence-electron chi connectivity index (χ0n) is 13.0. The zero-order chi connectivity index (χ0) is 16.5. The molecule has 0 radical (unpaired) electrons. The summed E-state index contributed by atoms with van der Waals surface area (Å²) in [5, 5.41) is 0. The van der Waals surface area contributed by atoms with Crippen molar-refractivity contribution in [3.05, 3.63) is 60.2 Å². The van der Waals surface area contributed by atoms with Crippen molar-refractivity contribution in [1.29, 1.82) is 0 Å². The topological polar surface area (TPSA) is 49.6 Å². The fourth-order valence-corrected chi connectivity index (χ4v) is 2.95. The summed E-state index contributed by atoms with van der Waals surface area (Å²) < 4.78 is 18.6. The van der Waals surface area contributed by atoms with E-state index < -0.39 is 0 Å². The van der Waals surface area contributed by atoms with Crippen molar-refractivity contribution in [2.75, 3.05) is 31.1 Å². The number of hydrogen-bond donors (Lipinski definition) is 0. The standard InChI is InChI=1S/C18H16FN3O2/c19-13-3-5-14(6-4-13)21-8-10-22(11-9-21)18(23)17-12-15-16(24-17)2-1-7-20-15/h1-7,12H,8-11H2. The number of fused-ring (bicyclic) bond motifs is 1. The van der Waals surface area contributed by atoms with Crippen molar-refractivity contribution < 1.29 is 13.6 Å². The summed E-state index contributed by atoms with van der Waals surface area (Å²) in [6, 6.07) is 11.7. The number of nitrogens with zero attached hydrogens (tertiary/aromatic N) is 3. The molecule has 0 atom stereocenters. The fraction of sp³-hybridized carbons (Fsp3) is 0.222. The molecule has 1 aliphatic rings. The Labute approximate surface area is 138 Å². The number of halogens is 1. The molecular formula is C18H16FN3O2. The number of carbonyl (C=O) groups is 1. The lowest BCUT2D eigenvalue weighted by Gasteiger charge is -2.35. The van der Waals surface area contributed by atoms with E-state index in [4.69, 9.17) is 4.42 Å². The van der Waals surface area contributed by atoms with Gasteiger partial charge in [-0.15, -0.1) is 0 Å². The number of anilines is 1. The maximum absolute atomic E-state index is 13.0. The van der Waals surface area contributed by atoms with Crippen LogP contribution in [0.2, 0.25) is 0 Å². The van der Waals surface area contributed by atoms with Crippen LogP contribution in [-0.2, 0) is 0 Å². The molecule has 24 heavy (non-hydrogen) atoms. The van der Waals surface area contributed by atoms with Crippen LogP contribution in [0, 0.1) is 5.82 Å². The molecule has 6 heteroatoms. The van der Waals surface area contributed by atoms with Gasteiger partial charge in [-0.25, -0.2) is 4.39 Å². The van der Waals surface area contributed by atoms with E-state index in [1.165, 1.54) is 12.1 Å². The lowest BCUT2D eigenvalue weighted by atomic mass is 10.2. The van der Waals surface area contributed by atoms with Crippen molar-refractivity contribution in [3.63, 3.8) is 0 Å². The van der Waals surface area contributed by atoms with Crippen molar-refractivity contribution in [2.45, 2.75) is 0 Å². The SMILES string of the molecule is O=C(c1cc2ncccc2o1)N1CCN(c2ccc(F)cc2)CC1. The number of rotatable bonds is 2. The number of pyridine rings is 1. The number of furan rings is 1. The summed E-state index contributed by atoms with van der Waals surface area (Å²) >= 11 is 0. The summed E-state index contributed by atoms with van der Waals surface area (Å²) in [4.78, 5) is 20.7. The van der Waals surface area contributed by atoms with Crippen LogP contribution >= 0.6 is 0 Å². The smallest absolute Gasteiger partial charge is 0.289 e. The van der Waals surface area contributed by atoms with E-state index in [2.05, 4.69) is 9.88 Å². The third-order valence-corrected chi connectivity index (χ3v) is 4.26. The highest BCUT2D eigenvalue weighted by atomic mass is 19.1. The predicted molar refractivity (Wildman–Crippen MR) is 88.5 cm³/mol. The van der Waals surface area contributed by atoms with Crippen LogP contribution in [0.15, 0.2) is 53.1 Å². The van der Waals surface area contributed by atoms with Gasteiger partial charge in [0.25, 0.3) is 5.91 Å². The van der Waals surface area contributed by atoms with Gasteiger partial charge in [0.05, 0.1) is 0 Å². The highest BCUT2D eigenvalue weighted by molar-refractivity contribution is 5.95. The Kier molecular flexibility index (Phi) is 3.65. The summed E-state index contributed by atoms with van der Waals surface area (Å²) in [6.45, 7) is 2.60. The van der Waals surface area contributed by atoms with Crippen LogP contribution in [0.1, 0.15) is 10.6 Å². The molecule has 0 N–H and O–H groups in total. The van der Waals surface area contributed by atoms with E-state index in [1.807, 2.05) is 0 Å². The minimum Gasteiger partial charge on any atom is -0.449 e. The third kappa shape index (κ3) is 2.71. The summed E-state index contributed by atoms with van der Waals surface area (Å²) in [5.74, 6) is -0.0447. The zero-order valence-corrected chi connectivity index (χ0v) is 13.0. The Morgan fingerprint density at radius 3 is 2.54 bits per heavy atom. The second-order valence-corrected chi connectivity index (χ2v) is 5.75. The second kappa shape index (κ2) is 5.96. The molecule has 1 aliphatic heterocycles. The van der Waals surface area contributed by atoms with Crippen LogP contribution in [0.3, 0.4) is 0 Å². The van der Waals surface area contributed by atoms with Crippen LogP contribution in [0.5, 0.6) is 0 Å². The minimum atomic E-state index is -0.244. The molecule has 5 nitrogen and oxygen atoms in total. The highest BCUT2D eigenvalue weighted by Crippen LogP contribution is 2.21. The molecule has 1 fully saturated rings. The van der Waals surface area contributed by atoms with E-state index in [0.29, 0.717) is 43.0 Å². The Bertz CT molecular complexity index is 834. The number of benzene rings is 1. The van der Waals surface area contributed by atoms with E-state index in [0.717, 1.165) is 5.69 Å². The molecule has 3 heterocycles. The first-order valence-corrected chi connectivity index (χ1v) is 7.85. The first-order chi connectivity index (χ1) is 11.7. The predicted octanol–water partition coefficient (Wildman–Crippen LogP) is 2.93. The summed E-state index contributed by atoms with van der Waals surface area (Å²) in [6.07, 6.45) is 1.67. The van der Waals surface area contributed by atoms with E-state index >= 15 is 0 Å². The molecule has 4 rings (SSSR count). The Balaban J connectivity index is 1.45. The van der Waals surface area contributed by atoms with Gasteiger partial charge in [0, 0.05) is 44.1 Å². The monoisotopic (exact) mass is 325 g/mol. The van der Waals surface area contributed by atoms with Gasteiger partial charge in [-0.05, 0) is 36.4 Å². The molecule has 122 valence electrons. The Morgan fingerprint density at radius 1 is 1.08 bits per heavy atom. The summed E-state index contributed by atoms with van der Waals surface area (Å²) in [5.41, 5.74) is 2.27. The van der Waals surface area contributed by atoms with Gasteiger partial charge < -0.3 is 14.2 Å². The van der Waals surface area contributed by atoms with Gasteiger partial charge in [0.1, 0.15) is 11.3 Å². The van der Waals surface area contributed by atoms with E-state index in [1.54, 1.807) is 41.4 Å². The Hall–Kier alpha value is -2.89. The number of hydrogen-bond acceptors (Lipinski definition) is 4. The molecule has 0 unspecified atom stereocenters. The molecule has 0 spiro atoms. The number of aromatic nitrogens is 1. The first kappa shape index (κ1) is 14.7. The first-order valence-electron chi connectivity index (χ1n) is 7.85. The average Bonchev–Trinajstić information content (AvgIpc) is 3.06. The van der Waals surface area contributed by atoms with Crippen LogP contribution < -0.4 is 4.90 Å². The van der Waals surface area contributed by atoms with Crippen molar-refractivity contribution in [1.82, 2.24) is 9.88 Å². The highest BCUT2D eigenvalue weighted by Gasteiger charge is 2.24. The van der Waals surface area contributed by atoms with Gasteiger partial charge in [-0.2, -0.15) is 0 Å². The van der Waals surface area contributed by atoms with E-state index in [9.17, 15) is 9.18 Å². The fourth-order valence-electron chi connectivity index (χ4n) is 2.95. The number of carbonyl (C=O) groups excluding carboxylic acids is 1. The Morgan fingerprint density at radius 2 is 1.83 bits per heavy atom. The number of piperazine rings is 1. The molecule has 1 amide bonds. The van der Waals surface area contributed by atoms with Gasteiger partial charge in [-0.3, -0.25) is 9.78 Å². The number of amides is 1. The molecule has 3 aromatic rings. The maximum Gasteiger partial charge on any atom is 0.289 e. The second-order valence-electron chi connectivity index (χ2n) is 5.75. The molecule has 2 aromatic heterocycles. The molecular weight excluding hydrogens is 309 g/mol. The van der Waals surface area contributed by atoms with Crippen LogP contribution in [0.4, 0.5) is 10.1 Å². The quantitative estimate of drug-likeness (QED) is 0.727. The van der Waals surface area contributed by atoms with Crippen LogP contribution in [0.25, 0.3) is 11.1 Å². The molecule has 1 aromatic carbocycles.